The van der Waals surface area contributed by atoms with Crippen molar-refractivity contribution in [2.45, 2.75) is 132 Å². The summed E-state index contributed by atoms with van der Waals surface area (Å²) in [5.74, 6) is 0.517. The second-order valence-electron chi connectivity index (χ2n) is 24.3. The van der Waals surface area contributed by atoms with E-state index in [1.54, 1.807) is 227 Å². The Bertz CT molecular complexity index is 3590. The van der Waals surface area contributed by atoms with Gasteiger partial charge in [-0.2, -0.15) is 20.4 Å². The van der Waals surface area contributed by atoms with Crippen molar-refractivity contribution < 1.29 is 52.4 Å². The average molecular weight is 1180 g/mol. The molecule has 0 saturated carbocycles. The molecule has 0 N–H and O–H groups in total. The van der Waals surface area contributed by atoms with Crippen LogP contribution < -0.4 is 9.47 Å². The summed E-state index contributed by atoms with van der Waals surface area (Å²) in [5.41, 5.74) is 0.375. The van der Waals surface area contributed by atoms with Crippen molar-refractivity contribution in [1.29, 1.82) is 0 Å². The summed E-state index contributed by atoms with van der Waals surface area (Å²) >= 11 is 0. The maximum Gasteiger partial charge on any atom is 0.320 e. The molecule has 8 rings (SSSR count). The number of hydrogen-bond donors (Lipinski definition) is 0. The maximum absolute atomic E-state index is 13.7. The number of carbonyl (C=O) groups is 5. The predicted octanol–water partition coefficient (Wildman–Crippen LogP) is 8.58. The summed E-state index contributed by atoms with van der Waals surface area (Å²) in [6.45, 7) is 21.1. The molecule has 0 fully saturated rings. The number of pyridine rings is 2. The molecule has 0 amide bonds. The van der Waals surface area contributed by atoms with Crippen molar-refractivity contribution in [2.75, 3.05) is 26.2 Å². The normalized spacial score (nSPS) is 12.1. The number of ketones is 1. The molecule has 0 aliphatic rings. The highest BCUT2D eigenvalue weighted by Gasteiger charge is 2.27. The van der Waals surface area contributed by atoms with Gasteiger partial charge in [0.05, 0.1) is 37.6 Å². The smallest absolute Gasteiger partial charge is 0.320 e. The lowest BCUT2D eigenvalue weighted by Gasteiger charge is -2.26. The Morgan fingerprint density at radius 1 is 0.384 bits per heavy atom. The quantitative estimate of drug-likeness (QED) is 0.0312. The van der Waals surface area contributed by atoms with Crippen molar-refractivity contribution in [3.63, 3.8) is 0 Å². The van der Waals surface area contributed by atoms with Crippen LogP contribution in [0.3, 0.4) is 0 Å². The van der Waals surface area contributed by atoms with E-state index in [0.29, 0.717) is 68.7 Å². The molecule has 6 heterocycles. The van der Waals surface area contributed by atoms with Crippen LogP contribution in [0.4, 0.5) is 0 Å². The molecule has 23 nitrogen and oxygen atoms in total. The standard InChI is InChI=1S/C63H74N12O11/c1-60(2,3)83-55(76)37-70(38-56(77)84-61(4,5)6)35-45-26-30-72(66-45)51-20-16-22-53(64-51)74-32-28-47(68-74)41-81-49-25-24-44(59(80)43-18-14-13-15-19-43)34-50(49)82-42-48-29-33-75(69-48)54-23-17-21-52(65-54)73-31-27-46(67-73)36-71(39-57(78)85-62(7,8)9)40-58(79)86-63(10,11)12/h13-34H,35-42H2,1-12H3. The average Bonchev–Trinajstić information content (AvgIpc) is 3.36. The van der Waals surface area contributed by atoms with Gasteiger partial charge < -0.3 is 28.4 Å². The highest BCUT2D eigenvalue weighted by Crippen LogP contribution is 2.31. The molecule has 0 atom stereocenters. The van der Waals surface area contributed by atoms with Gasteiger partial charge in [-0.15, -0.1) is 0 Å². The lowest BCUT2D eigenvalue weighted by atomic mass is 10.0. The summed E-state index contributed by atoms with van der Waals surface area (Å²) in [6.07, 6.45) is 7.00. The molecular weight excluding hydrogens is 1100 g/mol. The summed E-state index contributed by atoms with van der Waals surface area (Å²) in [7, 11) is 0. The van der Waals surface area contributed by atoms with Gasteiger partial charge in [-0.05, 0) is 150 Å². The van der Waals surface area contributed by atoms with Crippen LogP contribution in [-0.2, 0) is 64.4 Å². The third kappa shape index (κ3) is 19.1. The van der Waals surface area contributed by atoms with Gasteiger partial charge in [0.2, 0.25) is 0 Å². The molecule has 0 radical (unpaired) electrons. The Morgan fingerprint density at radius 3 is 1.08 bits per heavy atom. The van der Waals surface area contributed by atoms with Gasteiger partial charge >= 0.3 is 23.9 Å². The van der Waals surface area contributed by atoms with Gasteiger partial charge in [0, 0.05) is 49.0 Å². The molecular formula is C63H74N12O11. The van der Waals surface area contributed by atoms with E-state index in [1.807, 2.05) is 18.2 Å². The number of benzene rings is 2. The van der Waals surface area contributed by atoms with E-state index >= 15 is 0 Å². The molecule has 6 aromatic heterocycles. The molecule has 0 aliphatic carbocycles. The summed E-state index contributed by atoms with van der Waals surface area (Å²) in [4.78, 5) is 78.0. The Kier molecular flexibility index (Phi) is 19.5. The number of ether oxygens (including phenoxy) is 6. The molecule has 0 saturated heterocycles. The van der Waals surface area contributed by atoms with Crippen LogP contribution in [0.5, 0.6) is 11.5 Å². The molecule has 0 bridgehead atoms. The van der Waals surface area contributed by atoms with Crippen LogP contribution in [0.25, 0.3) is 23.3 Å². The third-order valence-corrected chi connectivity index (χ3v) is 11.8. The molecule has 86 heavy (non-hydrogen) atoms. The number of hydrogen-bond acceptors (Lipinski definition) is 19. The summed E-state index contributed by atoms with van der Waals surface area (Å²) < 4.78 is 41.3. The second kappa shape index (κ2) is 26.7. The fraction of sp³-hybridized carbons (Fsp3) is 0.381. The predicted molar refractivity (Wildman–Crippen MR) is 316 cm³/mol. The van der Waals surface area contributed by atoms with Gasteiger partial charge in [-0.3, -0.25) is 33.8 Å². The SMILES string of the molecule is CC(C)(C)OC(=O)CN(CC(=O)OC(C)(C)C)Cc1ccn(-c2cccc(-n3ccc(COc4ccc(C(=O)c5ccccc5)cc4OCc4ccn(-c5cccc(-n6ccc(CN(CC(=O)OC(C)(C)C)CC(=O)OC(C)(C)C)n6)n5)n4)n3)n2)n1. The molecule has 8 aromatic rings. The first-order valence-corrected chi connectivity index (χ1v) is 28.0. The number of esters is 4. The Balaban J connectivity index is 0.935. The molecule has 0 aliphatic heterocycles. The zero-order valence-corrected chi connectivity index (χ0v) is 50.7. The number of aromatic nitrogens is 10. The maximum atomic E-state index is 13.7. The zero-order valence-electron chi connectivity index (χ0n) is 50.7. The minimum atomic E-state index is -0.705. The fourth-order valence-corrected chi connectivity index (χ4v) is 8.57. The van der Waals surface area contributed by atoms with Crippen LogP contribution in [0.1, 0.15) is 122 Å². The molecule has 452 valence electrons. The molecule has 23 heteroatoms. The van der Waals surface area contributed by atoms with Crippen LogP contribution in [0, 0.1) is 0 Å². The number of carbonyl (C=O) groups excluding carboxylic acids is 5. The minimum Gasteiger partial charge on any atom is -0.483 e. The first-order chi connectivity index (χ1) is 40.5. The van der Waals surface area contributed by atoms with E-state index in [4.69, 9.17) is 58.8 Å². The molecule has 2 aromatic carbocycles. The second-order valence-corrected chi connectivity index (χ2v) is 24.3. The Morgan fingerprint density at radius 2 is 0.721 bits per heavy atom. The first kappa shape index (κ1) is 62.7. The van der Waals surface area contributed by atoms with Crippen LogP contribution in [-0.4, -0.2) is 137 Å². The molecule has 0 spiro atoms. The van der Waals surface area contributed by atoms with Crippen molar-refractivity contribution in [3.05, 3.63) is 168 Å². The van der Waals surface area contributed by atoms with E-state index in [-0.39, 0.29) is 58.3 Å². The van der Waals surface area contributed by atoms with E-state index in [9.17, 15) is 24.0 Å². The fourth-order valence-electron chi connectivity index (χ4n) is 8.57. The summed E-state index contributed by atoms with van der Waals surface area (Å²) in [6, 6.07) is 32.0. The highest BCUT2D eigenvalue weighted by molar-refractivity contribution is 6.09. The van der Waals surface area contributed by atoms with Gasteiger partial charge in [-0.1, -0.05) is 42.5 Å². The summed E-state index contributed by atoms with van der Waals surface area (Å²) in [5, 5.41) is 18.9. The minimum absolute atomic E-state index is 0.00242. The van der Waals surface area contributed by atoms with Gasteiger partial charge in [-0.25, -0.2) is 28.7 Å². The van der Waals surface area contributed by atoms with Crippen molar-refractivity contribution in [2.24, 2.45) is 0 Å². The highest BCUT2D eigenvalue weighted by atomic mass is 16.6. The number of rotatable bonds is 24. The van der Waals surface area contributed by atoms with Gasteiger partial charge in [0.25, 0.3) is 0 Å². The van der Waals surface area contributed by atoms with Crippen molar-refractivity contribution >= 4 is 29.7 Å². The van der Waals surface area contributed by atoms with E-state index in [0.717, 1.165) is 0 Å². The van der Waals surface area contributed by atoms with Gasteiger partial charge in [0.1, 0.15) is 47.0 Å². The lowest BCUT2D eigenvalue weighted by molar-refractivity contribution is -0.162. The largest absolute Gasteiger partial charge is 0.483 e. The number of nitrogens with zero attached hydrogens (tertiary/aromatic N) is 12. The van der Waals surface area contributed by atoms with E-state index < -0.39 is 46.3 Å². The topological polar surface area (TPSA) is 244 Å². The van der Waals surface area contributed by atoms with E-state index in [2.05, 4.69) is 0 Å². The van der Waals surface area contributed by atoms with Crippen molar-refractivity contribution in [1.82, 2.24) is 58.9 Å². The third-order valence-electron chi connectivity index (χ3n) is 11.8. The monoisotopic (exact) mass is 1170 g/mol. The van der Waals surface area contributed by atoms with Gasteiger partial charge in [0.15, 0.2) is 40.6 Å². The van der Waals surface area contributed by atoms with Crippen LogP contribution in [0.15, 0.2) is 134 Å². The Hall–Kier alpha value is -9.35. The first-order valence-electron chi connectivity index (χ1n) is 28.0. The zero-order chi connectivity index (χ0) is 62.0. The van der Waals surface area contributed by atoms with Crippen LogP contribution in [0.2, 0.25) is 0 Å². The van der Waals surface area contributed by atoms with E-state index in [1.165, 1.54) is 0 Å². The Labute approximate surface area is 499 Å². The van der Waals surface area contributed by atoms with Crippen LogP contribution >= 0.6 is 0 Å². The van der Waals surface area contributed by atoms with Crippen molar-refractivity contribution in [3.8, 4) is 34.8 Å². The molecule has 0 unspecified atom stereocenters. The lowest BCUT2D eigenvalue weighted by Crippen LogP contribution is -2.39.